The molecule has 1 amide bonds. The number of carboxylic acids is 1. The molecule has 2 saturated heterocycles. The van der Waals surface area contributed by atoms with E-state index in [9.17, 15) is 18.0 Å². The molecule has 1 aromatic rings. The Morgan fingerprint density at radius 2 is 1.79 bits per heavy atom. The zero-order valence-electron chi connectivity index (χ0n) is 12.9. The van der Waals surface area contributed by atoms with Crippen molar-refractivity contribution >= 4 is 27.6 Å². The fourth-order valence-corrected chi connectivity index (χ4v) is 4.26. The molecule has 2 aliphatic heterocycles. The lowest BCUT2D eigenvalue weighted by Crippen LogP contribution is -2.40. The number of amides is 1. The number of carbonyl (C=O) groups excluding carboxylic acids is 1. The van der Waals surface area contributed by atoms with Crippen LogP contribution in [0.5, 0.6) is 0 Å². The van der Waals surface area contributed by atoms with Gasteiger partial charge in [0.15, 0.2) is 0 Å². The molecule has 0 saturated carbocycles. The van der Waals surface area contributed by atoms with Crippen LogP contribution in [0.25, 0.3) is 0 Å². The van der Waals surface area contributed by atoms with Gasteiger partial charge < -0.3 is 14.7 Å². The van der Waals surface area contributed by atoms with Gasteiger partial charge in [0.2, 0.25) is 15.9 Å². The lowest BCUT2D eigenvalue weighted by Gasteiger charge is -2.26. The number of carboxylic acid groups (broad SMARTS) is 1. The van der Waals surface area contributed by atoms with Crippen LogP contribution in [0.3, 0.4) is 0 Å². The average molecular weight is 354 g/mol. The Labute approximate surface area is 139 Å². The van der Waals surface area contributed by atoms with Gasteiger partial charge in [0, 0.05) is 31.7 Å². The van der Waals surface area contributed by atoms with Crippen LogP contribution in [-0.4, -0.2) is 62.6 Å². The minimum atomic E-state index is -3.58. The predicted molar refractivity (Wildman–Crippen MR) is 84.1 cm³/mol. The smallest absolute Gasteiger partial charge is 0.308 e. The normalized spacial score (nSPS) is 22.8. The SMILES string of the molecule is O=C(O)[C@H]1CC(=O)N(c2ccc(S(=O)(=O)N3CCOCC3)cc2)C1. The summed E-state index contributed by atoms with van der Waals surface area (Å²) < 4.78 is 31.6. The van der Waals surface area contributed by atoms with E-state index in [1.807, 2.05) is 0 Å². The molecular formula is C15H18N2O6S. The number of rotatable bonds is 4. The molecule has 1 atom stereocenters. The van der Waals surface area contributed by atoms with E-state index in [-0.39, 0.29) is 23.8 Å². The fraction of sp³-hybridized carbons (Fsp3) is 0.467. The highest BCUT2D eigenvalue weighted by Gasteiger charge is 2.35. The number of nitrogens with zero attached hydrogens (tertiary/aromatic N) is 2. The standard InChI is InChI=1S/C15H18N2O6S/c18-14-9-11(15(19)20)10-17(14)12-1-3-13(4-2-12)24(21,22)16-5-7-23-8-6-16/h1-4,11H,5-10H2,(H,19,20)/t11-/m0/s1. The number of sulfonamides is 1. The third kappa shape index (κ3) is 3.14. The maximum atomic E-state index is 12.5. The minimum Gasteiger partial charge on any atom is -0.481 e. The Morgan fingerprint density at radius 1 is 1.17 bits per heavy atom. The molecule has 0 bridgehead atoms. The molecule has 2 heterocycles. The van der Waals surface area contributed by atoms with Gasteiger partial charge in [-0.05, 0) is 24.3 Å². The van der Waals surface area contributed by atoms with Crippen LogP contribution in [-0.2, 0) is 24.3 Å². The first kappa shape index (κ1) is 16.9. The second-order valence-corrected chi connectivity index (χ2v) is 7.69. The largest absolute Gasteiger partial charge is 0.481 e. The van der Waals surface area contributed by atoms with Crippen molar-refractivity contribution in [3.8, 4) is 0 Å². The maximum Gasteiger partial charge on any atom is 0.308 e. The number of anilines is 1. The van der Waals surface area contributed by atoms with E-state index in [0.29, 0.717) is 32.0 Å². The molecule has 2 aliphatic rings. The summed E-state index contributed by atoms with van der Waals surface area (Å²) in [6.07, 6.45) is -0.0385. The van der Waals surface area contributed by atoms with E-state index in [1.54, 1.807) is 0 Å². The molecule has 24 heavy (non-hydrogen) atoms. The molecule has 3 rings (SSSR count). The number of benzene rings is 1. The Balaban J connectivity index is 1.78. The van der Waals surface area contributed by atoms with Crippen molar-refractivity contribution in [1.82, 2.24) is 4.31 Å². The zero-order chi connectivity index (χ0) is 17.3. The summed E-state index contributed by atoms with van der Waals surface area (Å²) in [5.41, 5.74) is 0.504. The van der Waals surface area contributed by atoms with Crippen molar-refractivity contribution in [2.75, 3.05) is 37.7 Å². The highest BCUT2D eigenvalue weighted by atomic mass is 32.2. The minimum absolute atomic E-state index is 0.0385. The van der Waals surface area contributed by atoms with E-state index in [2.05, 4.69) is 0 Å². The van der Waals surface area contributed by atoms with Crippen molar-refractivity contribution in [1.29, 1.82) is 0 Å². The number of hydrogen-bond acceptors (Lipinski definition) is 5. The van der Waals surface area contributed by atoms with Crippen LogP contribution >= 0.6 is 0 Å². The number of hydrogen-bond donors (Lipinski definition) is 1. The van der Waals surface area contributed by atoms with Gasteiger partial charge in [0.25, 0.3) is 0 Å². The molecule has 0 radical (unpaired) electrons. The molecule has 9 heteroatoms. The lowest BCUT2D eigenvalue weighted by atomic mass is 10.1. The second-order valence-electron chi connectivity index (χ2n) is 5.75. The van der Waals surface area contributed by atoms with Crippen molar-refractivity contribution in [3.05, 3.63) is 24.3 Å². The summed E-state index contributed by atoms with van der Waals surface area (Å²) in [6.45, 7) is 1.47. The summed E-state index contributed by atoms with van der Waals surface area (Å²) in [5, 5.41) is 9.02. The first-order valence-electron chi connectivity index (χ1n) is 7.61. The van der Waals surface area contributed by atoms with E-state index in [1.165, 1.54) is 33.5 Å². The topological polar surface area (TPSA) is 104 Å². The van der Waals surface area contributed by atoms with Gasteiger partial charge in [-0.1, -0.05) is 0 Å². The molecule has 0 aliphatic carbocycles. The van der Waals surface area contributed by atoms with Crippen LogP contribution < -0.4 is 4.90 Å². The number of carbonyl (C=O) groups is 2. The molecule has 1 aromatic carbocycles. The highest BCUT2D eigenvalue weighted by molar-refractivity contribution is 7.89. The second kappa shape index (κ2) is 6.50. The first-order chi connectivity index (χ1) is 11.4. The summed E-state index contributed by atoms with van der Waals surface area (Å²) >= 11 is 0. The third-order valence-corrected chi connectivity index (χ3v) is 6.14. The van der Waals surface area contributed by atoms with E-state index >= 15 is 0 Å². The van der Waals surface area contributed by atoms with Gasteiger partial charge in [-0.2, -0.15) is 4.31 Å². The van der Waals surface area contributed by atoms with E-state index < -0.39 is 21.9 Å². The fourth-order valence-electron chi connectivity index (χ4n) is 2.86. The Hall–Kier alpha value is -1.97. The zero-order valence-corrected chi connectivity index (χ0v) is 13.7. The summed E-state index contributed by atoms with van der Waals surface area (Å²) in [5.74, 6) is -2.00. The van der Waals surface area contributed by atoms with Crippen molar-refractivity contribution in [2.45, 2.75) is 11.3 Å². The predicted octanol–water partition coefficient (Wildman–Crippen LogP) is 0.145. The summed E-state index contributed by atoms with van der Waals surface area (Å²) in [7, 11) is -3.58. The number of ether oxygens (including phenoxy) is 1. The number of aliphatic carboxylic acids is 1. The Bertz CT molecular complexity index is 740. The van der Waals surface area contributed by atoms with Crippen LogP contribution in [0, 0.1) is 5.92 Å². The van der Waals surface area contributed by atoms with E-state index in [0.717, 1.165) is 0 Å². The van der Waals surface area contributed by atoms with Gasteiger partial charge >= 0.3 is 5.97 Å². The van der Waals surface area contributed by atoms with Gasteiger partial charge in [-0.15, -0.1) is 0 Å². The first-order valence-corrected chi connectivity index (χ1v) is 9.05. The van der Waals surface area contributed by atoms with Crippen molar-refractivity contribution in [2.24, 2.45) is 5.92 Å². The molecule has 1 N–H and O–H groups in total. The van der Waals surface area contributed by atoms with Crippen LogP contribution in [0.1, 0.15) is 6.42 Å². The van der Waals surface area contributed by atoms with Gasteiger partial charge in [-0.25, -0.2) is 8.42 Å². The summed E-state index contributed by atoms with van der Waals surface area (Å²) in [4.78, 5) is 24.5. The number of morpholine rings is 1. The average Bonchev–Trinajstić information content (AvgIpc) is 2.98. The molecule has 0 unspecified atom stereocenters. The Morgan fingerprint density at radius 3 is 2.33 bits per heavy atom. The van der Waals surface area contributed by atoms with Gasteiger partial charge in [0.1, 0.15) is 0 Å². The third-order valence-electron chi connectivity index (χ3n) is 4.23. The quantitative estimate of drug-likeness (QED) is 0.825. The molecule has 0 aromatic heterocycles. The van der Waals surface area contributed by atoms with Crippen LogP contribution in [0.4, 0.5) is 5.69 Å². The van der Waals surface area contributed by atoms with E-state index in [4.69, 9.17) is 9.84 Å². The van der Waals surface area contributed by atoms with Gasteiger partial charge in [0.05, 0.1) is 24.0 Å². The molecule has 2 fully saturated rings. The summed E-state index contributed by atoms with van der Waals surface area (Å²) in [6, 6.07) is 5.97. The molecule has 0 spiro atoms. The highest BCUT2D eigenvalue weighted by Crippen LogP contribution is 2.27. The van der Waals surface area contributed by atoms with Crippen LogP contribution in [0.2, 0.25) is 0 Å². The molecule has 8 nitrogen and oxygen atoms in total. The molecule has 130 valence electrons. The van der Waals surface area contributed by atoms with Crippen molar-refractivity contribution < 1.29 is 27.9 Å². The maximum absolute atomic E-state index is 12.5. The van der Waals surface area contributed by atoms with Gasteiger partial charge in [-0.3, -0.25) is 9.59 Å². The monoisotopic (exact) mass is 354 g/mol. The van der Waals surface area contributed by atoms with Crippen molar-refractivity contribution in [3.63, 3.8) is 0 Å². The lowest BCUT2D eigenvalue weighted by molar-refractivity contribution is -0.141. The molecular weight excluding hydrogens is 336 g/mol. The van der Waals surface area contributed by atoms with Crippen LogP contribution in [0.15, 0.2) is 29.2 Å². The Kier molecular flexibility index (Phi) is 4.57.